The number of benzene rings is 2. The van der Waals surface area contributed by atoms with Gasteiger partial charge in [0.15, 0.2) is 6.10 Å². The summed E-state index contributed by atoms with van der Waals surface area (Å²) in [6, 6.07) is 12.4. The lowest BCUT2D eigenvalue weighted by atomic mass is 10.1. The van der Waals surface area contributed by atoms with E-state index in [0.717, 1.165) is 18.2 Å². The Labute approximate surface area is 159 Å². The molecule has 8 heteroatoms. The molecule has 2 aromatic carbocycles. The second kappa shape index (κ2) is 8.86. The second-order valence-electron chi connectivity index (χ2n) is 5.71. The van der Waals surface area contributed by atoms with E-state index in [2.05, 4.69) is 5.32 Å². The number of carbonyl (C=O) groups is 2. The molecule has 2 aromatic rings. The largest absolute Gasteiger partial charge is 0.449 e. The van der Waals surface area contributed by atoms with Crippen LogP contribution in [0.1, 0.15) is 23.6 Å². The predicted molar refractivity (Wildman–Crippen MR) is 95.8 cm³/mol. The summed E-state index contributed by atoms with van der Waals surface area (Å²) < 4.78 is 42.5. The predicted octanol–water partition coefficient (Wildman–Crippen LogP) is 4.16. The molecule has 0 aliphatic heterocycles. The summed E-state index contributed by atoms with van der Waals surface area (Å²) in [7, 11) is 0. The van der Waals surface area contributed by atoms with Crippen molar-refractivity contribution < 1.29 is 27.5 Å². The van der Waals surface area contributed by atoms with Gasteiger partial charge in [0, 0.05) is 11.8 Å². The van der Waals surface area contributed by atoms with E-state index in [9.17, 15) is 22.8 Å². The number of alkyl halides is 3. The molecule has 0 radical (unpaired) electrons. The first-order chi connectivity index (χ1) is 13.2. The topological polar surface area (TPSA) is 79.2 Å². The maximum Gasteiger partial charge on any atom is 0.416 e. The highest BCUT2D eigenvalue weighted by molar-refractivity contribution is 5.96. The number of nitriles is 1. The van der Waals surface area contributed by atoms with Gasteiger partial charge in [-0.15, -0.1) is 0 Å². The van der Waals surface area contributed by atoms with Gasteiger partial charge >= 0.3 is 12.1 Å². The minimum Gasteiger partial charge on any atom is -0.449 e. The molecule has 0 saturated carbocycles. The molecule has 1 amide bonds. The van der Waals surface area contributed by atoms with Crippen molar-refractivity contribution in [1.82, 2.24) is 0 Å². The zero-order chi connectivity index (χ0) is 20.7. The molecule has 1 atom stereocenters. The van der Waals surface area contributed by atoms with E-state index >= 15 is 0 Å². The second-order valence-corrected chi connectivity index (χ2v) is 5.71. The normalized spacial score (nSPS) is 12.2. The highest BCUT2D eigenvalue weighted by Crippen LogP contribution is 2.29. The standard InChI is InChI=1S/C20H15F3N2O3/c1-13(19(27)25-17-4-2-3-15(11-17)12-24)28-18(26)10-7-14-5-8-16(9-6-14)20(21,22)23/h2-11,13H,1H3,(H,25,27)/b10-7+. The summed E-state index contributed by atoms with van der Waals surface area (Å²) >= 11 is 0. The van der Waals surface area contributed by atoms with Crippen LogP contribution >= 0.6 is 0 Å². The molecule has 0 saturated heterocycles. The summed E-state index contributed by atoms with van der Waals surface area (Å²) in [5.41, 5.74) is 0.322. The minimum absolute atomic E-state index is 0.363. The lowest BCUT2D eigenvalue weighted by molar-refractivity contribution is -0.148. The average Bonchev–Trinajstić information content (AvgIpc) is 2.66. The number of halogens is 3. The highest BCUT2D eigenvalue weighted by Gasteiger charge is 2.29. The Bertz CT molecular complexity index is 929. The number of hydrogen-bond donors (Lipinski definition) is 1. The van der Waals surface area contributed by atoms with Crippen molar-refractivity contribution in [2.24, 2.45) is 0 Å². The summed E-state index contributed by atoms with van der Waals surface area (Å²) in [6.45, 7) is 1.37. The Morgan fingerprint density at radius 1 is 1.18 bits per heavy atom. The Balaban J connectivity index is 1.91. The summed E-state index contributed by atoms with van der Waals surface area (Å²) in [5.74, 6) is -1.42. The van der Waals surface area contributed by atoms with Gasteiger partial charge in [0.05, 0.1) is 17.2 Å². The van der Waals surface area contributed by atoms with Gasteiger partial charge in [0.2, 0.25) is 0 Å². The van der Waals surface area contributed by atoms with Crippen LogP contribution in [0.5, 0.6) is 0 Å². The fourth-order valence-corrected chi connectivity index (χ4v) is 2.12. The van der Waals surface area contributed by atoms with Gasteiger partial charge in [-0.05, 0) is 48.9 Å². The van der Waals surface area contributed by atoms with Crippen LogP contribution in [0.15, 0.2) is 54.6 Å². The van der Waals surface area contributed by atoms with E-state index in [1.807, 2.05) is 6.07 Å². The Hall–Kier alpha value is -3.60. The van der Waals surface area contributed by atoms with Crippen molar-refractivity contribution in [2.75, 3.05) is 5.32 Å². The van der Waals surface area contributed by atoms with Gasteiger partial charge in [0.25, 0.3) is 5.91 Å². The molecule has 0 bridgehead atoms. The molecule has 0 spiro atoms. The third-order valence-corrected chi connectivity index (χ3v) is 3.57. The smallest absolute Gasteiger partial charge is 0.416 e. The van der Waals surface area contributed by atoms with Crippen LogP contribution in [0.3, 0.4) is 0 Å². The van der Waals surface area contributed by atoms with Crippen molar-refractivity contribution in [1.29, 1.82) is 5.26 Å². The Morgan fingerprint density at radius 2 is 1.86 bits per heavy atom. The molecular formula is C20H15F3N2O3. The van der Waals surface area contributed by atoms with Crippen molar-refractivity contribution >= 4 is 23.6 Å². The fraction of sp³-hybridized carbons (Fsp3) is 0.150. The number of amides is 1. The maximum absolute atomic E-state index is 12.5. The molecule has 0 aromatic heterocycles. The third-order valence-electron chi connectivity index (χ3n) is 3.57. The van der Waals surface area contributed by atoms with E-state index in [4.69, 9.17) is 10.00 Å². The van der Waals surface area contributed by atoms with Gasteiger partial charge in [-0.25, -0.2) is 4.79 Å². The first-order valence-electron chi connectivity index (χ1n) is 8.06. The van der Waals surface area contributed by atoms with Gasteiger partial charge in [-0.1, -0.05) is 18.2 Å². The highest BCUT2D eigenvalue weighted by atomic mass is 19.4. The number of nitrogens with one attached hydrogen (secondary N) is 1. The number of ether oxygens (including phenoxy) is 1. The van der Waals surface area contributed by atoms with Crippen LogP contribution in [0, 0.1) is 11.3 Å². The van der Waals surface area contributed by atoms with E-state index in [-0.39, 0.29) is 0 Å². The number of anilines is 1. The van der Waals surface area contributed by atoms with Crippen LogP contribution < -0.4 is 5.32 Å². The van der Waals surface area contributed by atoms with Crippen molar-refractivity contribution in [3.8, 4) is 6.07 Å². The number of rotatable bonds is 5. The summed E-state index contributed by atoms with van der Waals surface area (Å²) in [6.07, 6.45) is -3.25. The molecular weight excluding hydrogens is 373 g/mol. The lowest BCUT2D eigenvalue weighted by Crippen LogP contribution is -2.29. The van der Waals surface area contributed by atoms with Gasteiger partial charge in [0.1, 0.15) is 0 Å². The summed E-state index contributed by atoms with van der Waals surface area (Å²) in [5, 5.41) is 11.4. The molecule has 1 N–H and O–H groups in total. The molecule has 0 fully saturated rings. The molecule has 1 unspecified atom stereocenters. The van der Waals surface area contributed by atoms with Crippen LogP contribution in [0.4, 0.5) is 18.9 Å². The van der Waals surface area contributed by atoms with Crippen LogP contribution in [0.25, 0.3) is 6.08 Å². The minimum atomic E-state index is -4.43. The molecule has 0 heterocycles. The third kappa shape index (κ3) is 5.99. The monoisotopic (exact) mass is 388 g/mol. The zero-order valence-electron chi connectivity index (χ0n) is 14.7. The van der Waals surface area contributed by atoms with Crippen LogP contribution in [0.2, 0.25) is 0 Å². The van der Waals surface area contributed by atoms with E-state index in [1.165, 1.54) is 31.2 Å². The number of esters is 1. The molecule has 28 heavy (non-hydrogen) atoms. The fourth-order valence-electron chi connectivity index (χ4n) is 2.12. The van der Waals surface area contributed by atoms with Gasteiger partial charge in [-0.2, -0.15) is 18.4 Å². The number of carbonyl (C=O) groups excluding carboxylic acids is 2. The van der Waals surface area contributed by atoms with Gasteiger partial charge in [-0.3, -0.25) is 4.79 Å². The Morgan fingerprint density at radius 3 is 2.46 bits per heavy atom. The molecule has 2 rings (SSSR count). The maximum atomic E-state index is 12.5. The summed E-state index contributed by atoms with van der Waals surface area (Å²) in [4.78, 5) is 23.8. The lowest BCUT2D eigenvalue weighted by Gasteiger charge is -2.12. The zero-order valence-corrected chi connectivity index (χ0v) is 14.7. The molecule has 0 aliphatic carbocycles. The number of nitrogens with zero attached hydrogens (tertiary/aromatic N) is 1. The first kappa shape index (κ1) is 20.7. The van der Waals surface area contributed by atoms with Crippen LogP contribution in [-0.4, -0.2) is 18.0 Å². The molecule has 144 valence electrons. The van der Waals surface area contributed by atoms with Crippen molar-refractivity contribution in [3.05, 3.63) is 71.3 Å². The Kier molecular flexibility index (Phi) is 6.55. The molecule has 0 aliphatic rings. The number of hydrogen-bond acceptors (Lipinski definition) is 4. The van der Waals surface area contributed by atoms with E-state index < -0.39 is 29.7 Å². The SMILES string of the molecule is CC(OC(=O)/C=C/c1ccc(C(F)(F)F)cc1)C(=O)Nc1cccc(C#N)c1. The van der Waals surface area contributed by atoms with Crippen molar-refractivity contribution in [3.63, 3.8) is 0 Å². The quantitative estimate of drug-likeness (QED) is 0.616. The van der Waals surface area contributed by atoms with E-state index in [1.54, 1.807) is 18.2 Å². The first-order valence-corrected chi connectivity index (χ1v) is 8.06. The average molecular weight is 388 g/mol. The van der Waals surface area contributed by atoms with Crippen molar-refractivity contribution in [2.45, 2.75) is 19.2 Å². The van der Waals surface area contributed by atoms with E-state index in [0.29, 0.717) is 16.8 Å². The van der Waals surface area contributed by atoms with Gasteiger partial charge < -0.3 is 10.1 Å². The van der Waals surface area contributed by atoms with Crippen LogP contribution in [-0.2, 0) is 20.5 Å². The molecule has 5 nitrogen and oxygen atoms in total.